The Kier molecular flexibility index (Phi) is 17.4. The maximum atomic E-state index is 14.5. The van der Waals surface area contributed by atoms with Crippen molar-refractivity contribution >= 4 is 57.8 Å². The van der Waals surface area contributed by atoms with Gasteiger partial charge in [-0.25, -0.2) is 39.1 Å². The molecule has 0 saturated carbocycles. The van der Waals surface area contributed by atoms with E-state index in [0.717, 1.165) is 4.90 Å². The minimum Gasteiger partial charge on any atom is -0.480 e. The first-order chi connectivity index (χ1) is 29.7. The van der Waals surface area contributed by atoms with Crippen molar-refractivity contribution in [1.29, 1.82) is 0 Å². The van der Waals surface area contributed by atoms with E-state index in [1.165, 1.54) is 12.0 Å². The summed E-state index contributed by atoms with van der Waals surface area (Å²) in [6, 6.07) is 11.2. The molecule has 0 radical (unpaired) electrons. The largest absolute Gasteiger partial charge is 0.480 e. The summed E-state index contributed by atoms with van der Waals surface area (Å²) in [5, 5.41) is 17.9. The summed E-state index contributed by atoms with van der Waals surface area (Å²) in [6.45, 7) is 16.3. The Morgan fingerprint density at radius 3 is 1.60 bits per heavy atom. The SMILES string of the molecule is C.C=CC(F)(F)c1nc2ccccc2nc1Cl.C=CC(F)(F)c1nc2ccccc2nc1O[C@@H]1C[C@@H](C(=O)OC)N(C(=O)OC(C)(C)C)C1.CC(C)(C)OC(=O)N1C[C@H](O)C[C@H]1C(=O)O. The van der Waals surface area contributed by atoms with Crippen molar-refractivity contribution in [2.75, 3.05) is 20.2 Å². The van der Waals surface area contributed by atoms with Crippen LogP contribution in [0.4, 0.5) is 27.2 Å². The van der Waals surface area contributed by atoms with Gasteiger partial charge in [0.2, 0.25) is 5.88 Å². The van der Waals surface area contributed by atoms with Crippen LogP contribution in [0.3, 0.4) is 0 Å². The number of hydrogen-bond acceptors (Lipinski definition) is 13. The van der Waals surface area contributed by atoms with Gasteiger partial charge in [0.1, 0.15) is 29.4 Å². The fraction of sp³-hybridized carbons (Fsp3) is 0.455. The van der Waals surface area contributed by atoms with Crippen LogP contribution in [0.15, 0.2) is 73.8 Å². The second-order valence-corrected chi connectivity index (χ2v) is 16.8. The molecule has 16 nitrogen and oxygen atoms in total. The second kappa shape index (κ2) is 21.2. The van der Waals surface area contributed by atoms with Gasteiger partial charge in [0.25, 0.3) is 0 Å². The maximum absolute atomic E-state index is 14.5. The molecule has 21 heteroatoms. The van der Waals surface area contributed by atoms with Crippen LogP contribution in [0.1, 0.15) is 73.2 Å². The predicted octanol–water partition coefficient (Wildman–Crippen LogP) is 8.48. The molecule has 4 aromatic rings. The van der Waals surface area contributed by atoms with E-state index in [0.29, 0.717) is 28.7 Å². The molecule has 2 saturated heterocycles. The Balaban J connectivity index is 0.000000285. The van der Waals surface area contributed by atoms with Gasteiger partial charge in [-0.1, -0.05) is 56.5 Å². The molecule has 0 aliphatic carbocycles. The molecule has 6 rings (SSSR count). The highest BCUT2D eigenvalue weighted by molar-refractivity contribution is 6.30. The zero-order valence-corrected chi connectivity index (χ0v) is 36.8. The number of allylic oxidation sites excluding steroid dienone is 2. The summed E-state index contributed by atoms with van der Waals surface area (Å²) < 4.78 is 76.8. The highest BCUT2D eigenvalue weighted by Gasteiger charge is 2.45. The number of halogens is 5. The number of amides is 2. The molecule has 0 unspecified atom stereocenters. The zero-order valence-electron chi connectivity index (χ0n) is 36.1. The van der Waals surface area contributed by atoms with Gasteiger partial charge in [0.15, 0.2) is 16.5 Å². The minimum absolute atomic E-state index is 0. The van der Waals surface area contributed by atoms with E-state index in [2.05, 4.69) is 33.1 Å². The molecule has 4 heterocycles. The lowest BCUT2D eigenvalue weighted by atomic mass is 10.2. The van der Waals surface area contributed by atoms with E-state index in [4.69, 9.17) is 35.7 Å². The van der Waals surface area contributed by atoms with Crippen LogP contribution in [0.25, 0.3) is 22.1 Å². The summed E-state index contributed by atoms with van der Waals surface area (Å²) >= 11 is 5.67. The van der Waals surface area contributed by atoms with Gasteiger partial charge in [-0.3, -0.25) is 9.80 Å². The van der Waals surface area contributed by atoms with Crippen LogP contribution >= 0.6 is 11.6 Å². The molecule has 2 aliphatic heterocycles. The number of aliphatic hydroxyl groups excluding tert-OH is 1. The monoisotopic (exact) mass is 936 g/mol. The van der Waals surface area contributed by atoms with Gasteiger partial charge in [-0.2, -0.15) is 17.6 Å². The van der Waals surface area contributed by atoms with Crippen LogP contribution in [0, 0.1) is 0 Å². The van der Waals surface area contributed by atoms with Crippen molar-refractivity contribution in [2.45, 2.75) is 109 Å². The minimum atomic E-state index is -3.50. The third-order valence-electron chi connectivity index (χ3n) is 9.05. The number of carbonyl (C=O) groups is 4. The average Bonchev–Trinajstić information content (AvgIpc) is 3.83. The Labute approximate surface area is 378 Å². The van der Waals surface area contributed by atoms with Crippen molar-refractivity contribution in [3.05, 3.63) is 90.4 Å². The Bertz CT molecular complexity index is 2380. The second-order valence-electron chi connectivity index (χ2n) is 16.4. The van der Waals surface area contributed by atoms with Crippen LogP contribution in [-0.4, -0.2) is 120 Å². The molecule has 65 heavy (non-hydrogen) atoms. The smallest absolute Gasteiger partial charge is 0.411 e. The van der Waals surface area contributed by atoms with Crippen molar-refractivity contribution in [1.82, 2.24) is 29.7 Å². The van der Waals surface area contributed by atoms with Crippen molar-refractivity contribution in [2.24, 2.45) is 0 Å². The van der Waals surface area contributed by atoms with E-state index < -0.39 is 88.7 Å². The normalized spacial score (nSPS) is 18.5. The third-order valence-corrected chi connectivity index (χ3v) is 9.31. The van der Waals surface area contributed by atoms with E-state index in [-0.39, 0.29) is 44.0 Å². The molecule has 2 aliphatic rings. The Morgan fingerprint density at radius 1 is 0.723 bits per heavy atom. The molecule has 2 aromatic carbocycles. The summed E-state index contributed by atoms with van der Waals surface area (Å²) in [5.41, 5.74) is -1.24. The average molecular weight is 937 g/mol. The molecule has 2 amide bonds. The summed E-state index contributed by atoms with van der Waals surface area (Å²) in [4.78, 5) is 65.5. The highest BCUT2D eigenvalue weighted by atomic mass is 35.5. The Morgan fingerprint density at radius 2 is 1.15 bits per heavy atom. The number of para-hydroxylation sites is 4. The van der Waals surface area contributed by atoms with Crippen LogP contribution in [0.2, 0.25) is 5.15 Å². The number of β-amino-alcohol motifs (C(OH)–C–C–N with tert-alkyl or cyclic N) is 1. The van der Waals surface area contributed by atoms with E-state index in [1.807, 2.05) is 0 Å². The number of ether oxygens (including phenoxy) is 4. The number of aliphatic carboxylic acids is 1. The first-order valence-electron chi connectivity index (χ1n) is 19.6. The number of rotatable bonds is 8. The number of carboxylic acid groups (broad SMARTS) is 1. The number of hydrogen-bond donors (Lipinski definition) is 2. The van der Waals surface area contributed by atoms with E-state index in [1.54, 1.807) is 90.1 Å². The quantitative estimate of drug-likeness (QED) is 0.0737. The Hall–Kier alpha value is -6.15. The predicted molar refractivity (Wildman–Crippen MR) is 232 cm³/mol. The van der Waals surface area contributed by atoms with Crippen molar-refractivity contribution in [3.63, 3.8) is 0 Å². The number of carbonyl (C=O) groups excluding carboxylic acids is 3. The number of alkyl halides is 4. The van der Waals surface area contributed by atoms with Crippen LogP contribution in [0.5, 0.6) is 5.88 Å². The van der Waals surface area contributed by atoms with E-state index in [9.17, 15) is 41.8 Å². The summed E-state index contributed by atoms with van der Waals surface area (Å²) in [5.74, 6) is -8.95. The number of aromatic nitrogens is 4. The highest BCUT2D eigenvalue weighted by Crippen LogP contribution is 2.37. The number of esters is 1. The number of fused-ring (bicyclic) bond motifs is 2. The lowest BCUT2D eigenvalue weighted by Crippen LogP contribution is -2.44. The van der Waals surface area contributed by atoms with Crippen molar-refractivity contribution in [3.8, 4) is 5.88 Å². The van der Waals surface area contributed by atoms with Crippen molar-refractivity contribution < 1.29 is 65.9 Å². The van der Waals surface area contributed by atoms with Gasteiger partial charge >= 0.3 is 36.0 Å². The first-order valence-corrected chi connectivity index (χ1v) is 20.0. The molecule has 0 spiro atoms. The van der Waals surface area contributed by atoms with Gasteiger partial charge in [-0.15, -0.1) is 0 Å². The lowest BCUT2D eigenvalue weighted by molar-refractivity contribution is -0.145. The number of likely N-dealkylation sites (tertiary alicyclic amines) is 2. The van der Waals surface area contributed by atoms with Gasteiger partial charge in [0, 0.05) is 12.8 Å². The van der Waals surface area contributed by atoms with Gasteiger partial charge < -0.3 is 29.2 Å². The van der Waals surface area contributed by atoms with E-state index >= 15 is 0 Å². The molecule has 2 fully saturated rings. The molecular formula is C44H53ClF4N6O10. The van der Waals surface area contributed by atoms with Crippen LogP contribution < -0.4 is 4.74 Å². The van der Waals surface area contributed by atoms with Gasteiger partial charge in [-0.05, 0) is 78.0 Å². The number of benzene rings is 2. The molecule has 4 atom stereocenters. The fourth-order valence-electron chi connectivity index (χ4n) is 6.16. The molecule has 2 N–H and O–H groups in total. The molecular weight excluding hydrogens is 884 g/mol. The fourth-order valence-corrected chi connectivity index (χ4v) is 6.42. The summed E-state index contributed by atoms with van der Waals surface area (Å²) in [6.07, 6.45) is -2.03. The molecule has 354 valence electrons. The number of carboxylic acids is 1. The zero-order chi connectivity index (χ0) is 47.9. The number of methoxy groups -OCH3 is 1. The van der Waals surface area contributed by atoms with Crippen LogP contribution in [-0.2, 0) is 35.6 Å². The number of nitrogens with zero attached hydrogens (tertiary/aromatic N) is 6. The lowest BCUT2D eigenvalue weighted by Gasteiger charge is -2.27. The summed E-state index contributed by atoms with van der Waals surface area (Å²) in [7, 11) is 1.20. The maximum Gasteiger partial charge on any atom is 0.411 e. The first kappa shape index (κ1) is 53.2. The topological polar surface area (TPSA) is 204 Å². The number of aliphatic hydroxyl groups is 1. The molecule has 0 bridgehead atoms. The molecule has 2 aromatic heterocycles. The third kappa shape index (κ3) is 13.9. The van der Waals surface area contributed by atoms with Gasteiger partial charge in [0.05, 0.1) is 48.4 Å². The standard InChI is InChI=1S/C22H25F2N3O5.C11H7ClF2N2.C10H17NO5.CH4/c1-6-22(23,24)17-18(26-15-10-8-7-9-14(15)25-17)31-13-11-16(19(28)30-5)27(12-13)20(29)32-21(2,3)4;1-2-11(13,14)9-10(12)16-8-6-4-3-5-7(8)15-9;1-10(2,3)16-9(15)11-5-6(12)4-7(11)8(13)14;/h6-10,13,16H,1,11-12H2,2-5H3;2-6H,1H2;6-7,12H,4-5H2,1-3H3,(H,13,14);1H4/t13-,16+;;6-,7+;/m1.1./s1.